The Morgan fingerprint density at radius 1 is 1.24 bits per heavy atom. The topological polar surface area (TPSA) is 112 Å². The lowest BCUT2D eigenvalue weighted by Crippen LogP contribution is -2.39. The number of furan rings is 1. The van der Waals surface area contributed by atoms with Gasteiger partial charge in [0.1, 0.15) is 4.70 Å². The molecule has 2 aromatic carbocycles. The number of rotatable bonds is 7. The van der Waals surface area contributed by atoms with E-state index in [1.54, 1.807) is 23.0 Å². The molecule has 0 bridgehead atoms. The van der Waals surface area contributed by atoms with Crippen molar-refractivity contribution in [1.82, 2.24) is 0 Å². The lowest BCUT2D eigenvalue weighted by atomic mass is 10.2. The molecule has 3 heterocycles. The van der Waals surface area contributed by atoms with Crippen molar-refractivity contribution in [3.8, 4) is 0 Å². The number of carboxylic acids is 1. The highest BCUT2D eigenvalue weighted by Crippen LogP contribution is 2.48. The fraction of sp³-hybridized carbons (Fsp3) is 0.182. The van der Waals surface area contributed by atoms with Crippen LogP contribution in [-0.2, 0) is 21.5 Å². The van der Waals surface area contributed by atoms with Crippen molar-refractivity contribution in [2.75, 3.05) is 17.2 Å². The zero-order valence-corrected chi connectivity index (χ0v) is 20.7. The van der Waals surface area contributed by atoms with E-state index in [4.69, 9.17) is 20.6 Å². The normalized spacial score (nSPS) is 15.0. The second-order valence-corrected chi connectivity index (χ2v) is 11.8. The molecule has 12 heteroatoms. The van der Waals surface area contributed by atoms with Crippen LogP contribution in [0.4, 0.5) is 5.69 Å². The van der Waals surface area contributed by atoms with Gasteiger partial charge in [0, 0.05) is 21.8 Å². The van der Waals surface area contributed by atoms with Crippen molar-refractivity contribution in [2.45, 2.75) is 17.9 Å². The molecule has 2 aromatic heterocycles. The average molecular weight is 538 g/mol. The van der Waals surface area contributed by atoms with Crippen LogP contribution in [0.1, 0.15) is 11.4 Å². The van der Waals surface area contributed by atoms with Gasteiger partial charge >= 0.3 is 5.97 Å². The first kappa shape index (κ1) is 23.2. The van der Waals surface area contributed by atoms with Crippen LogP contribution >= 0.6 is 34.7 Å². The molecular formula is C22H18ClN2O6S3+. The summed E-state index contributed by atoms with van der Waals surface area (Å²) in [6, 6.07) is 11.2. The van der Waals surface area contributed by atoms with E-state index in [1.807, 2.05) is 35.2 Å². The summed E-state index contributed by atoms with van der Waals surface area (Å²) in [5.74, 6) is -1.34. The van der Waals surface area contributed by atoms with Gasteiger partial charge in [0.2, 0.25) is 12.1 Å². The molecule has 0 radical (unpaired) electrons. The van der Waals surface area contributed by atoms with Gasteiger partial charge in [-0.3, -0.25) is 4.55 Å². The maximum Gasteiger partial charge on any atom is 0.370 e. The third-order valence-corrected chi connectivity index (χ3v) is 8.57. The van der Waals surface area contributed by atoms with Crippen LogP contribution in [0.3, 0.4) is 0 Å². The van der Waals surface area contributed by atoms with Crippen LogP contribution in [0.5, 0.6) is 0 Å². The van der Waals surface area contributed by atoms with Crippen LogP contribution < -0.4 is 9.47 Å². The summed E-state index contributed by atoms with van der Waals surface area (Å²) < 4.78 is 39.9. The summed E-state index contributed by atoms with van der Waals surface area (Å²) in [6.45, 7) is 0.0867. The van der Waals surface area contributed by atoms with Gasteiger partial charge < -0.3 is 14.4 Å². The van der Waals surface area contributed by atoms with Crippen LogP contribution in [-0.4, -0.2) is 36.3 Å². The summed E-state index contributed by atoms with van der Waals surface area (Å²) in [4.78, 5) is 14.6. The van der Waals surface area contributed by atoms with E-state index >= 15 is 0 Å². The number of carbonyl (C=O) groups is 1. The molecule has 2 N–H and O–H groups in total. The highest BCUT2D eigenvalue weighted by Gasteiger charge is 2.30. The van der Waals surface area contributed by atoms with Crippen LogP contribution in [0.25, 0.3) is 27.3 Å². The Bertz CT molecular complexity index is 1570. The number of halogens is 1. The van der Waals surface area contributed by atoms with Crippen molar-refractivity contribution in [1.29, 1.82) is 0 Å². The molecule has 0 aliphatic carbocycles. The Morgan fingerprint density at radius 3 is 2.82 bits per heavy atom. The van der Waals surface area contributed by atoms with Crippen molar-refractivity contribution in [3.05, 3.63) is 57.7 Å². The Morgan fingerprint density at radius 2 is 2.06 bits per heavy atom. The third kappa shape index (κ3) is 4.53. The van der Waals surface area contributed by atoms with Gasteiger partial charge in [0.25, 0.3) is 20.6 Å². The standard InChI is InChI=1S/C22H17ClN2O6S3/c23-14-3-5-16-15(10-14)24(7-1-9-34(28,29)30)18(32-16)11-19-25(12-20(26)27)21-17(33-19)4-2-13-6-8-31-22(13)21/h2-6,8,10-11H,1,7,9,12H2,(H-,26,27,28,29,30)/p+1. The van der Waals surface area contributed by atoms with Crippen molar-refractivity contribution >= 4 is 83.7 Å². The first-order valence-corrected chi connectivity index (χ1v) is 13.8. The SMILES string of the molecule is O=C(O)C[n+]1c(C=C2Sc3ccc(Cl)cc3N2CCCS(=O)(=O)O)sc2ccc3ccoc3c21. The number of anilines is 1. The van der Waals surface area contributed by atoms with Gasteiger partial charge in [-0.25, -0.2) is 4.79 Å². The smallest absolute Gasteiger partial charge is 0.370 e. The van der Waals surface area contributed by atoms with Gasteiger partial charge in [-0.2, -0.15) is 13.0 Å². The minimum Gasteiger partial charge on any atom is -0.477 e. The third-order valence-electron chi connectivity index (χ3n) is 5.33. The fourth-order valence-electron chi connectivity index (χ4n) is 3.94. The van der Waals surface area contributed by atoms with E-state index in [0.717, 1.165) is 25.7 Å². The minimum atomic E-state index is -4.09. The molecule has 5 rings (SSSR count). The molecule has 0 spiro atoms. The van der Waals surface area contributed by atoms with E-state index in [1.165, 1.54) is 23.1 Å². The highest BCUT2D eigenvalue weighted by atomic mass is 35.5. The molecule has 1 aliphatic rings. The molecule has 4 aromatic rings. The van der Waals surface area contributed by atoms with Gasteiger partial charge in [-0.1, -0.05) is 34.7 Å². The van der Waals surface area contributed by atoms with Gasteiger partial charge in [0.15, 0.2) is 0 Å². The zero-order chi connectivity index (χ0) is 24.0. The van der Waals surface area contributed by atoms with Crippen LogP contribution in [0.15, 0.2) is 57.0 Å². The molecule has 8 nitrogen and oxygen atoms in total. The number of nitrogens with zero attached hydrogens (tertiary/aromatic N) is 2. The number of aromatic nitrogens is 1. The number of thiazole rings is 1. The Hall–Kier alpha value is -2.57. The van der Waals surface area contributed by atoms with Gasteiger partial charge in [-0.15, -0.1) is 0 Å². The summed E-state index contributed by atoms with van der Waals surface area (Å²) in [6.07, 6.45) is 3.68. The quantitative estimate of drug-likeness (QED) is 0.254. The molecular weight excluding hydrogens is 520 g/mol. The zero-order valence-electron chi connectivity index (χ0n) is 17.5. The number of hydrogen-bond donors (Lipinski definition) is 2. The van der Waals surface area contributed by atoms with Crippen LogP contribution in [0.2, 0.25) is 5.02 Å². The van der Waals surface area contributed by atoms with Gasteiger partial charge in [-0.05, 0) is 42.8 Å². The summed E-state index contributed by atoms with van der Waals surface area (Å²) in [5.41, 5.74) is 2.17. The van der Waals surface area contributed by atoms with E-state index in [0.29, 0.717) is 27.7 Å². The first-order chi connectivity index (χ1) is 16.2. The first-order valence-electron chi connectivity index (χ1n) is 10.2. The number of fused-ring (bicyclic) bond motifs is 4. The van der Waals surface area contributed by atoms with Crippen molar-refractivity contribution in [3.63, 3.8) is 0 Å². The van der Waals surface area contributed by atoms with Crippen molar-refractivity contribution < 1.29 is 31.9 Å². The van der Waals surface area contributed by atoms with E-state index < -0.39 is 16.1 Å². The number of hydrogen-bond acceptors (Lipinski definition) is 7. The fourth-order valence-corrected chi connectivity index (χ4v) is 6.88. The van der Waals surface area contributed by atoms with Crippen LogP contribution in [0, 0.1) is 0 Å². The predicted octanol–water partition coefficient (Wildman–Crippen LogP) is 4.86. The summed E-state index contributed by atoms with van der Waals surface area (Å²) >= 11 is 9.15. The van der Waals surface area contributed by atoms with E-state index in [9.17, 15) is 18.3 Å². The highest BCUT2D eigenvalue weighted by molar-refractivity contribution is 8.03. The summed E-state index contributed by atoms with van der Waals surface area (Å²) in [5, 5.41) is 12.5. The number of thioether (sulfide) groups is 1. The Kier molecular flexibility index (Phi) is 6.07. The monoisotopic (exact) mass is 537 g/mol. The second-order valence-electron chi connectivity index (χ2n) is 7.66. The Balaban J connectivity index is 1.62. The molecule has 0 saturated heterocycles. The molecule has 0 amide bonds. The average Bonchev–Trinajstić information content (AvgIpc) is 3.43. The maximum atomic E-state index is 11.7. The lowest BCUT2D eigenvalue weighted by molar-refractivity contribution is -0.656. The van der Waals surface area contributed by atoms with Gasteiger partial charge in [0.05, 0.1) is 28.8 Å². The molecule has 0 fully saturated rings. The number of carboxylic acid groups (broad SMARTS) is 1. The van der Waals surface area contributed by atoms with E-state index in [2.05, 4.69) is 0 Å². The molecule has 34 heavy (non-hydrogen) atoms. The van der Waals surface area contributed by atoms with Crippen molar-refractivity contribution in [2.24, 2.45) is 0 Å². The predicted molar refractivity (Wildman–Crippen MR) is 133 cm³/mol. The Labute approximate surface area is 207 Å². The number of aliphatic carboxylic acids is 1. The summed E-state index contributed by atoms with van der Waals surface area (Å²) in [7, 11) is -4.09. The lowest BCUT2D eigenvalue weighted by Gasteiger charge is -2.20. The maximum absolute atomic E-state index is 11.7. The molecule has 0 saturated carbocycles. The van der Waals surface area contributed by atoms with E-state index in [-0.39, 0.29) is 18.7 Å². The molecule has 1 aliphatic heterocycles. The molecule has 0 unspecified atom stereocenters. The second kappa shape index (κ2) is 8.90. The molecule has 0 atom stereocenters. The largest absolute Gasteiger partial charge is 0.477 e. The number of benzene rings is 2. The molecule has 176 valence electrons. The minimum absolute atomic E-state index is 0.206.